The topological polar surface area (TPSA) is 58.2 Å². The lowest BCUT2D eigenvalue weighted by molar-refractivity contribution is -0.00702. The van der Waals surface area contributed by atoms with Gasteiger partial charge in [0.2, 0.25) is 0 Å². The van der Waals surface area contributed by atoms with E-state index in [9.17, 15) is 9.18 Å². The van der Waals surface area contributed by atoms with E-state index in [1.54, 1.807) is 17.0 Å². The van der Waals surface area contributed by atoms with Crippen molar-refractivity contribution in [1.29, 1.82) is 0 Å². The number of H-pyrrole nitrogens is 1. The molecule has 24 heavy (non-hydrogen) atoms. The average molecular weight is 329 g/mol. The van der Waals surface area contributed by atoms with E-state index in [0.29, 0.717) is 31.6 Å². The molecule has 0 unspecified atom stereocenters. The minimum Gasteiger partial charge on any atom is -0.369 e. The van der Waals surface area contributed by atoms with E-state index in [-0.39, 0.29) is 23.9 Å². The van der Waals surface area contributed by atoms with Crippen molar-refractivity contribution in [2.24, 2.45) is 0 Å². The SMILES string of the molecule is C[C@@H]1Cc2c(C(=O)N3CCc4cc(F)ccc4C3)n[nH]c2[C@H](C)O1. The Morgan fingerprint density at radius 2 is 2.21 bits per heavy atom. The van der Waals surface area contributed by atoms with Crippen molar-refractivity contribution in [1.82, 2.24) is 15.1 Å². The molecule has 0 fully saturated rings. The number of carbonyl (C=O) groups is 1. The molecule has 0 spiro atoms. The average Bonchev–Trinajstić information content (AvgIpc) is 2.97. The minimum atomic E-state index is -0.224. The summed E-state index contributed by atoms with van der Waals surface area (Å²) in [6.45, 7) is 5.05. The molecule has 0 saturated carbocycles. The van der Waals surface area contributed by atoms with Gasteiger partial charge in [-0.25, -0.2) is 4.39 Å². The number of amides is 1. The van der Waals surface area contributed by atoms with Crippen LogP contribution in [-0.4, -0.2) is 33.7 Å². The minimum absolute atomic E-state index is 0.0659. The number of aromatic amines is 1. The molecule has 1 N–H and O–H groups in total. The highest BCUT2D eigenvalue weighted by Gasteiger charge is 2.32. The lowest BCUT2D eigenvalue weighted by atomic mass is 9.97. The second-order valence-corrected chi connectivity index (χ2v) is 6.65. The fraction of sp³-hybridized carbons (Fsp3) is 0.444. The Kier molecular flexibility index (Phi) is 3.64. The first kappa shape index (κ1) is 15.3. The van der Waals surface area contributed by atoms with Crippen LogP contribution in [0, 0.1) is 5.82 Å². The molecular formula is C18H20FN3O2. The van der Waals surface area contributed by atoms with E-state index < -0.39 is 0 Å². The van der Waals surface area contributed by atoms with E-state index in [4.69, 9.17) is 4.74 Å². The van der Waals surface area contributed by atoms with Crippen LogP contribution < -0.4 is 0 Å². The number of rotatable bonds is 1. The van der Waals surface area contributed by atoms with E-state index >= 15 is 0 Å². The first-order valence-corrected chi connectivity index (χ1v) is 8.32. The molecule has 2 aliphatic heterocycles. The highest BCUT2D eigenvalue weighted by Crippen LogP contribution is 2.31. The molecule has 0 saturated heterocycles. The summed E-state index contributed by atoms with van der Waals surface area (Å²) in [4.78, 5) is 14.7. The zero-order chi connectivity index (χ0) is 16.8. The Labute approximate surface area is 139 Å². The van der Waals surface area contributed by atoms with Gasteiger partial charge in [0.25, 0.3) is 5.91 Å². The van der Waals surface area contributed by atoms with Gasteiger partial charge >= 0.3 is 0 Å². The lowest BCUT2D eigenvalue weighted by Gasteiger charge is -2.29. The molecule has 1 aromatic heterocycles. The summed E-state index contributed by atoms with van der Waals surface area (Å²) in [7, 11) is 0. The predicted molar refractivity (Wildman–Crippen MR) is 86.1 cm³/mol. The Balaban J connectivity index is 1.60. The molecule has 1 amide bonds. The number of fused-ring (bicyclic) bond motifs is 2. The maximum absolute atomic E-state index is 13.3. The van der Waals surface area contributed by atoms with E-state index in [2.05, 4.69) is 10.2 Å². The number of halogens is 1. The summed E-state index contributed by atoms with van der Waals surface area (Å²) in [5, 5.41) is 7.24. The number of benzene rings is 1. The molecule has 2 aromatic rings. The van der Waals surface area contributed by atoms with Gasteiger partial charge in [-0.05, 0) is 43.5 Å². The summed E-state index contributed by atoms with van der Waals surface area (Å²) in [5.74, 6) is -0.290. The van der Waals surface area contributed by atoms with Gasteiger partial charge in [0.05, 0.1) is 17.9 Å². The lowest BCUT2D eigenvalue weighted by Crippen LogP contribution is -2.37. The Morgan fingerprint density at radius 3 is 3.04 bits per heavy atom. The number of nitrogens with zero attached hydrogens (tertiary/aromatic N) is 2. The second kappa shape index (κ2) is 5.70. The standard InChI is InChI=1S/C18H20FN3O2/c1-10-7-15-16(11(2)24-10)20-21-17(15)18(23)22-6-5-12-8-14(19)4-3-13(12)9-22/h3-4,8,10-11H,5-7,9H2,1-2H3,(H,20,21)/t10-,11+/m1/s1. The molecule has 2 atom stereocenters. The van der Waals surface area contributed by atoms with E-state index in [1.165, 1.54) is 6.07 Å². The Hall–Kier alpha value is -2.21. The fourth-order valence-corrected chi connectivity index (χ4v) is 3.70. The van der Waals surface area contributed by atoms with E-state index in [1.807, 2.05) is 13.8 Å². The second-order valence-electron chi connectivity index (χ2n) is 6.65. The number of carbonyl (C=O) groups excluding carboxylic acids is 1. The van der Waals surface area contributed by atoms with Gasteiger partial charge in [-0.1, -0.05) is 6.07 Å². The number of hydrogen-bond donors (Lipinski definition) is 1. The number of ether oxygens (including phenoxy) is 1. The van der Waals surface area contributed by atoms with Crippen LogP contribution in [0.25, 0.3) is 0 Å². The molecule has 6 heteroatoms. The summed E-state index contributed by atoms with van der Waals surface area (Å²) < 4.78 is 19.1. The van der Waals surface area contributed by atoms with Crippen molar-refractivity contribution in [2.75, 3.05) is 6.54 Å². The van der Waals surface area contributed by atoms with Crippen molar-refractivity contribution in [3.05, 3.63) is 52.1 Å². The van der Waals surface area contributed by atoms with Crippen LogP contribution in [0.2, 0.25) is 0 Å². The zero-order valence-corrected chi connectivity index (χ0v) is 13.8. The van der Waals surface area contributed by atoms with Gasteiger partial charge in [-0.2, -0.15) is 5.10 Å². The smallest absolute Gasteiger partial charge is 0.274 e. The summed E-state index contributed by atoms with van der Waals surface area (Å²) >= 11 is 0. The summed E-state index contributed by atoms with van der Waals surface area (Å²) in [5.41, 5.74) is 4.36. The van der Waals surface area contributed by atoms with Crippen LogP contribution in [0.3, 0.4) is 0 Å². The van der Waals surface area contributed by atoms with Crippen LogP contribution in [0.1, 0.15) is 52.8 Å². The molecule has 2 aliphatic rings. The maximum atomic E-state index is 13.3. The van der Waals surface area contributed by atoms with Gasteiger partial charge in [0.1, 0.15) is 5.82 Å². The summed E-state index contributed by atoms with van der Waals surface area (Å²) in [6.07, 6.45) is 1.35. The van der Waals surface area contributed by atoms with Crippen molar-refractivity contribution < 1.29 is 13.9 Å². The molecule has 5 nitrogen and oxygen atoms in total. The van der Waals surface area contributed by atoms with Crippen molar-refractivity contribution in [3.8, 4) is 0 Å². The molecule has 0 radical (unpaired) electrons. The number of nitrogens with one attached hydrogen (secondary N) is 1. The van der Waals surface area contributed by atoms with Crippen LogP contribution in [-0.2, 0) is 24.1 Å². The van der Waals surface area contributed by atoms with Crippen LogP contribution >= 0.6 is 0 Å². The van der Waals surface area contributed by atoms with Gasteiger partial charge in [-0.15, -0.1) is 0 Å². The highest BCUT2D eigenvalue weighted by molar-refractivity contribution is 5.94. The first-order valence-electron chi connectivity index (χ1n) is 8.32. The van der Waals surface area contributed by atoms with Crippen molar-refractivity contribution in [3.63, 3.8) is 0 Å². The zero-order valence-electron chi connectivity index (χ0n) is 13.8. The fourth-order valence-electron chi connectivity index (χ4n) is 3.70. The Bertz CT molecular complexity index is 802. The predicted octanol–water partition coefficient (Wildman–Crippen LogP) is 2.77. The molecule has 1 aromatic carbocycles. The van der Waals surface area contributed by atoms with Gasteiger partial charge in [0.15, 0.2) is 5.69 Å². The number of aromatic nitrogens is 2. The van der Waals surface area contributed by atoms with Crippen molar-refractivity contribution >= 4 is 5.91 Å². The highest BCUT2D eigenvalue weighted by atomic mass is 19.1. The monoisotopic (exact) mass is 329 g/mol. The van der Waals surface area contributed by atoms with Crippen molar-refractivity contribution in [2.45, 2.75) is 45.4 Å². The molecular weight excluding hydrogens is 309 g/mol. The Morgan fingerprint density at radius 1 is 1.38 bits per heavy atom. The largest absolute Gasteiger partial charge is 0.369 e. The normalized spacial score (nSPS) is 22.9. The first-order chi connectivity index (χ1) is 11.5. The van der Waals surface area contributed by atoms with Gasteiger partial charge in [0, 0.05) is 25.1 Å². The molecule has 126 valence electrons. The third kappa shape index (κ3) is 2.51. The van der Waals surface area contributed by atoms with Gasteiger partial charge < -0.3 is 9.64 Å². The van der Waals surface area contributed by atoms with Gasteiger partial charge in [-0.3, -0.25) is 9.89 Å². The van der Waals surface area contributed by atoms with E-state index in [0.717, 1.165) is 22.4 Å². The third-order valence-corrected chi connectivity index (χ3v) is 4.90. The maximum Gasteiger partial charge on any atom is 0.274 e. The number of hydrogen-bond acceptors (Lipinski definition) is 3. The quantitative estimate of drug-likeness (QED) is 0.875. The molecule has 0 bridgehead atoms. The van der Waals surface area contributed by atoms with Crippen LogP contribution in [0.4, 0.5) is 4.39 Å². The molecule has 0 aliphatic carbocycles. The van der Waals surface area contributed by atoms with Crippen LogP contribution in [0.15, 0.2) is 18.2 Å². The summed E-state index contributed by atoms with van der Waals surface area (Å²) in [6, 6.07) is 4.78. The molecule has 4 rings (SSSR count). The molecule has 3 heterocycles. The third-order valence-electron chi connectivity index (χ3n) is 4.90. The van der Waals surface area contributed by atoms with Crippen LogP contribution in [0.5, 0.6) is 0 Å².